The Kier molecular flexibility index (Phi) is 4.14. The smallest absolute Gasteiger partial charge is 0.0235 e. The molecule has 2 aliphatic heterocycles. The largest absolute Gasteiger partial charge is 0.313 e. The molecule has 0 aliphatic carbocycles. The summed E-state index contributed by atoms with van der Waals surface area (Å²) in [7, 11) is 0. The summed E-state index contributed by atoms with van der Waals surface area (Å²) in [5.41, 5.74) is 0.497. The van der Waals surface area contributed by atoms with Crippen molar-refractivity contribution in [3.8, 4) is 0 Å². The van der Waals surface area contributed by atoms with E-state index in [2.05, 4.69) is 37.9 Å². The van der Waals surface area contributed by atoms with E-state index in [0.717, 1.165) is 18.0 Å². The maximum atomic E-state index is 3.59. The molecule has 2 heterocycles. The molecule has 3 unspecified atom stereocenters. The van der Waals surface area contributed by atoms with Crippen LogP contribution in [0.4, 0.5) is 0 Å². The fourth-order valence-corrected chi connectivity index (χ4v) is 3.54. The Morgan fingerprint density at radius 1 is 1.12 bits per heavy atom. The van der Waals surface area contributed by atoms with E-state index in [1.54, 1.807) is 0 Å². The number of rotatable bonds is 1. The summed E-state index contributed by atoms with van der Waals surface area (Å²) in [4.78, 5) is 2.75. The Morgan fingerprint density at radius 2 is 1.88 bits per heavy atom. The minimum absolute atomic E-state index is 0.497. The number of likely N-dealkylation sites (tertiary alicyclic amines) is 1. The van der Waals surface area contributed by atoms with Crippen LogP contribution in [0.1, 0.15) is 53.4 Å². The molecule has 2 saturated heterocycles. The first kappa shape index (κ1) is 13.4. The highest BCUT2D eigenvalue weighted by atomic mass is 15.2. The van der Waals surface area contributed by atoms with Crippen LogP contribution in [-0.2, 0) is 0 Å². The molecular weight excluding hydrogens is 208 g/mol. The lowest BCUT2D eigenvalue weighted by Gasteiger charge is -2.30. The van der Waals surface area contributed by atoms with Gasteiger partial charge in [0, 0.05) is 18.6 Å². The minimum Gasteiger partial charge on any atom is -0.313 e. The molecule has 2 nitrogen and oxygen atoms in total. The summed E-state index contributed by atoms with van der Waals surface area (Å²) in [5.74, 6) is 0.916. The molecule has 0 aromatic heterocycles. The lowest BCUT2D eigenvalue weighted by molar-refractivity contribution is 0.187. The zero-order valence-electron chi connectivity index (χ0n) is 12.1. The molecule has 0 radical (unpaired) electrons. The van der Waals surface area contributed by atoms with Crippen LogP contribution >= 0.6 is 0 Å². The lowest BCUT2D eigenvalue weighted by atomic mass is 9.77. The van der Waals surface area contributed by atoms with Crippen molar-refractivity contribution in [1.29, 1.82) is 0 Å². The molecule has 100 valence electrons. The van der Waals surface area contributed by atoms with Gasteiger partial charge in [0.25, 0.3) is 0 Å². The van der Waals surface area contributed by atoms with E-state index >= 15 is 0 Å². The maximum absolute atomic E-state index is 3.59. The topological polar surface area (TPSA) is 15.3 Å². The molecule has 1 N–H and O–H groups in total. The summed E-state index contributed by atoms with van der Waals surface area (Å²) < 4.78 is 0. The molecule has 0 bridgehead atoms. The van der Waals surface area contributed by atoms with Crippen molar-refractivity contribution in [1.82, 2.24) is 10.2 Å². The Balaban J connectivity index is 1.87. The standard InChI is InChI=1S/C15H30N2/c1-12-10-14(11-16-12)17-8-5-6-13(7-9-17)15(2,3)4/h12-14,16H,5-11H2,1-4H3. The fraction of sp³-hybridized carbons (Fsp3) is 1.00. The zero-order valence-corrected chi connectivity index (χ0v) is 12.1. The Hall–Kier alpha value is -0.0800. The third-order valence-electron chi connectivity index (χ3n) is 4.83. The van der Waals surface area contributed by atoms with E-state index in [-0.39, 0.29) is 0 Å². The molecule has 2 rings (SSSR count). The van der Waals surface area contributed by atoms with Crippen LogP contribution in [0, 0.1) is 11.3 Å². The Morgan fingerprint density at radius 3 is 2.47 bits per heavy atom. The van der Waals surface area contributed by atoms with Gasteiger partial charge in [0.1, 0.15) is 0 Å². The van der Waals surface area contributed by atoms with Gasteiger partial charge >= 0.3 is 0 Å². The van der Waals surface area contributed by atoms with Gasteiger partial charge in [0.2, 0.25) is 0 Å². The number of hydrogen-bond acceptors (Lipinski definition) is 2. The second-order valence-corrected chi connectivity index (χ2v) is 7.23. The van der Waals surface area contributed by atoms with E-state index in [1.165, 1.54) is 45.3 Å². The van der Waals surface area contributed by atoms with E-state index in [9.17, 15) is 0 Å². The van der Waals surface area contributed by atoms with Gasteiger partial charge in [0.05, 0.1) is 0 Å². The zero-order chi connectivity index (χ0) is 12.5. The first-order valence-electron chi connectivity index (χ1n) is 7.44. The van der Waals surface area contributed by atoms with Gasteiger partial charge < -0.3 is 5.32 Å². The molecule has 2 fully saturated rings. The minimum atomic E-state index is 0.497. The average molecular weight is 238 g/mol. The van der Waals surface area contributed by atoms with Crippen molar-refractivity contribution >= 4 is 0 Å². The fourth-order valence-electron chi connectivity index (χ4n) is 3.54. The van der Waals surface area contributed by atoms with Crippen molar-refractivity contribution in [3.05, 3.63) is 0 Å². The molecule has 2 aliphatic rings. The molecular formula is C15H30N2. The Labute approximate surface area is 107 Å². The molecule has 3 atom stereocenters. The predicted molar refractivity (Wildman–Crippen MR) is 74.2 cm³/mol. The number of nitrogens with zero attached hydrogens (tertiary/aromatic N) is 1. The molecule has 0 saturated carbocycles. The highest BCUT2D eigenvalue weighted by Crippen LogP contribution is 2.35. The van der Waals surface area contributed by atoms with Gasteiger partial charge in [0.15, 0.2) is 0 Å². The summed E-state index contributed by atoms with van der Waals surface area (Å²) in [5, 5.41) is 3.59. The van der Waals surface area contributed by atoms with E-state index in [4.69, 9.17) is 0 Å². The van der Waals surface area contributed by atoms with E-state index < -0.39 is 0 Å². The van der Waals surface area contributed by atoms with Crippen LogP contribution in [0.2, 0.25) is 0 Å². The van der Waals surface area contributed by atoms with Crippen LogP contribution in [-0.4, -0.2) is 36.6 Å². The van der Waals surface area contributed by atoms with Crippen molar-refractivity contribution in [2.24, 2.45) is 11.3 Å². The number of hydrogen-bond donors (Lipinski definition) is 1. The van der Waals surface area contributed by atoms with Gasteiger partial charge in [-0.2, -0.15) is 0 Å². The number of nitrogens with one attached hydrogen (secondary N) is 1. The normalized spacial score (nSPS) is 37.1. The van der Waals surface area contributed by atoms with Gasteiger partial charge in [-0.3, -0.25) is 4.90 Å². The van der Waals surface area contributed by atoms with Crippen LogP contribution in [0.15, 0.2) is 0 Å². The molecule has 2 heteroatoms. The predicted octanol–water partition coefficient (Wildman–Crippen LogP) is 2.89. The summed E-state index contributed by atoms with van der Waals surface area (Å²) in [6.07, 6.45) is 5.57. The van der Waals surface area contributed by atoms with E-state index in [0.29, 0.717) is 5.41 Å². The first-order chi connectivity index (χ1) is 7.97. The molecule has 0 amide bonds. The second-order valence-electron chi connectivity index (χ2n) is 7.23. The van der Waals surface area contributed by atoms with Gasteiger partial charge in [-0.1, -0.05) is 20.8 Å². The van der Waals surface area contributed by atoms with Crippen LogP contribution in [0.5, 0.6) is 0 Å². The Bertz CT molecular complexity index is 244. The van der Waals surface area contributed by atoms with Crippen LogP contribution in [0.25, 0.3) is 0 Å². The summed E-state index contributed by atoms with van der Waals surface area (Å²) in [6, 6.07) is 1.53. The first-order valence-corrected chi connectivity index (χ1v) is 7.44. The second kappa shape index (κ2) is 5.27. The average Bonchev–Trinajstić information content (AvgIpc) is 2.53. The van der Waals surface area contributed by atoms with Gasteiger partial charge in [-0.25, -0.2) is 0 Å². The molecule has 0 aromatic rings. The van der Waals surface area contributed by atoms with E-state index in [1.807, 2.05) is 0 Å². The monoisotopic (exact) mass is 238 g/mol. The van der Waals surface area contributed by atoms with Crippen molar-refractivity contribution in [3.63, 3.8) is 0 Å². The quantitative estimate of drug-likeness (QED) is 0.755. The van der Waals surface area contributed by atoms with Gasteiger partial charge in [-0.05, 0) is 57.0 Å². The summed E-state index contributed by atoms with van der Waals surface area (Å²) in [6.45, 7) is 13.4. The third kappa shape index (κ3) is 3.45. The van der Waals surface area contributed by atoms with Gasteiger partial charge in [-0.15, -0.1) is 0 Å². The van der Waals surface area contributed by atoms with Crippen molar-refractivity contribution in [2.75, 3.05) is 19.6 Å². The van der Waals surface area contributed by atoms with Crippen molar-refractivity contribution < 1.29 is 0 Å². The molecule has 17 heavy (non-hydrogen) atoms. The van der Waals surface area contributed by atoms with Crippen molar-refractivity contribution in [2.45, 2.75) is 65.5 Å². The molecule has 0 aromatic carbocycles. The van der Waals surface area contributed by atoms with Crippen LogP contribution < -0.4 is 5.32 Å². The highest BCUT2D eigenvalue weighted by molar-refractivity contribution is 4.88. The molecule has 0 spiro atoms. The third-order valence-corrected chi connectivity index (χ3v) is 4.83. The highest BCUT2D eigenvalue weighted by Gasteiger charge is 2.31. The lowest BCUT2D eigenvalue weighted by Crippen LogP contribution is -2.37. The maximum Gasteiger partial charge on any atom is 0.0235 e. The SMILES string of the molecule is CC1CC(N2CCCC(C(C)(C)C)CC2)CN1. The summed E-state index contributed by atoms with van der Waals surface area (Å²) >= 11 is 0. The van der Waals surface area contributed by atoms with Crippen LogP contribution in [0.3, 0.4) is 0 Å².